The van der Waals surface area contributed by atoms with Crippen molar-refractivity contribution >= 4 is 50.5 Å². The van der Waals surface area contributed by atoms with Crippen LogP contribution < -0.4 is 5.32 Å². The summed E-state index contributed by atoms with van der Waals surface area (Å²) >= 11 is 10.6. The number of hydrogen-bond donors (Lipinski definition) is 1. The first-order chi connectivity index (χ1) is 8.20. The van der Waals surface area contributed by atoms with Crippen molar-refractivity contribution in [1.82, 2.24) is 0 Å². The summed E-state index contributed by atoms with van der Waals surface area (Å²) in [5.41, 5.74) is 1.93. The lowest BCUT2D eigenvalue weighted by Crippen LogP contribution is -2.10. The number of thiophene rings is 1. The van der Waals surface area contributed by atoms with Gasteiger partial charge in [0.05, 0.1) is 5.02 Å². The van der Waals surface area contributed by atoms with Crippen molar-refractivity contribution in [3.05, 3.63) is 51.2 Å². The van der Waals surface area contributed by atoms with E-state index in [1.165, 1.54) is 11.3 Å². The Hall–Kier alpha value is -0.840. The Morgan fingerprint density at radius 2 is 2.00 bits per heavy atom. The fourth-order valence-corrected chi connectivity index (χ4v) is 2.73. The molecule has 0 saturated carbocycles. The Labute approximate surface area is 117 Å². The Morgan fingerprint density at radius 1 is 1.29 bits per heavy atom. The predicted molar refractivity (Wildman–Crippen MR) is 76.4 cm³/mol. The average Bonchev–Trinajstić information content (AvgIpc) is 2.76. The van der Waals surface area contributed by atoms with Gasteiger partial charge in [-0.1, -0.05) is 39.7 Å². The highest BCUT2D eigenvalue weighted by Gasteiger charge is 2.11. The normalized spacial score (nSPS) is 10.2. The molecular formula is C12H9BrClNOS. The van der Waals surface area contributed by atoms with Crippen LogP contribution in [0.25, 0.3) is 0 Å². The van der Waals surface area contributed by atoms with Gasteiger partial charge in [0.1, 0.15) is 4.88 Å². The van der Waals surface area contributed by atoms with Crippen LogP contribution in [0.5, 0.6) is 0 Å². The third kappa shape index (κ3) is 3.09. The molecule has 1 N–H and O–H groups in total. The Balaban J connectivity index is 2.10. The number of benzene rings is 1. The molecular weight excluding hydrogens is 322 g/mol. The number of carbonyl (C=O) groups excluding carboxylic acids is 1. The van der Waals surface area contributed by atoms with Gasteiger partial charge in [0.2, 0.25) is 0 Å². The first-order valence-electron chi connectivity index (χ1n) is 4.90. The van der Waals surface area contributed by atoms with Gasteiger partial charge < -0.3 is 5.32 Å². The third-order valence-electron chi connectivity index (χ3n) is 2.19. The number of carbonyl (C=O) groups is 1. The van der Waals surface area contributed by atoms with E-state index in [4.69, 9.17) is 11.6 Å². The minimum absolute atomic E-state index is 0.170. The van der Waals surface area contributed by atoms with Crippen LogP contribution >= 0.6 is 38.9 Å². The van der Waals surface area contributed by atoms with Crippen LogP contribution in [0.2, 0.25) is 5.02 Å². The number of rotatable bonds is 3. The zero-order valence-corrected chi connectivity index (χ0v) is 11.9. The van der Waals surface area contributed by atoms with Gasteiger partial charge in [0.15, 0.2) is 0 Å². The number of anilines is 1. The molecule has 88 valence electrons. The van der Waals surface area contributed by atoms with Crippen LogP contribution in [0.15, 0.2) is 35.7 Å². The van der Waals surface area contributed by atoms with Gasteiger partial charge in [-0.2, -0.15) is 0 Å². The summed E-state index contributed by atoms with van der Waals surface area (Å²) in [7, 11) is 0. The minimum Gasteiger partial charge on any atom is -0.321 e. The fraction of sp³-hybridized carbons (Fsp3) is 0.0833. The van der Waals surface area contributed by atoms with E-state index >= 15 is 0 Å². The molecule has 0 atom stereocenters. The first-order valence-corrected chi connectivity index (χ1v) is 7.28. The Bertz CT molecular complexity index is 524. The van der Waals surface area contributed by atoms with Crippen LogP contribution in [0.4, 0.5) is 5.69 Å². The largest absolute Gasteiger partial charge is 0.321 e. The molecule has 0 saturated heterocycles. The Kier molecular flexibility index (Phi) is 4.20. The molecule has 2 aromatic rings. The molecule has 1 heterocycles. The van der Waals surface area contributed by atoms with E-state index in [1.54, 1.807) is 11.4 Å². The summed E-state index contributed by atoms with van der Waals surface area (Å²) in [5, 5.41) is 5.90. The van der Waals surface area contributed by atoms with Gasteiger partial charge in [0.25, 0.3) is 5.91 Å². The molecule has 17 heavy (non-hydrogen) atoms. The number of nitrogens with one attached hydrogen (secondary N) is 1. The van der Waals surface area contributed by atoms with E-state index in [9.17, 15) is 4.79 Å². The van der Waals surface area contributed by atoms with Gasteiger partial charge >= 0.3 is 0 Å². The maximum absolute atomic E-state index is 11.9. The molecule has 0 bridgehead atoms. The van der Waals surface area contributed by atoms with Crippen molar-refractivity contribution in [2.45, 2.75) is 5.33 Å². The third-order valence-corrected chi connectivity index (χ3v) is 4.18. The number of amides is 1. The van der Waals surface area contributed by atoms with Crippen LogP contribution in [-0.4, -0.2) is 5.91 Å². The van der Waals surface area contributed by atoms with E-state index < -0.39 is 0 Å². The van der Waals surface area contributed by atoms with Gasteiger partial charge in [-0.05, 0) is 29.1 Å². The van der Waals surface area contributed by atoms with Crippen molar-refractivity contribution in [2.75, 3.05) is 5.32 Å². The van der Waals surface area contributed by atoms with Gasteiger partial charge in [0, 0.05) is 11.0 Å². The fourth-order valence-electron chi connectivity index (χ4n) is 1.32. The molecule has 0 aliphatic carbocycles. The predicted octanol–water partition coefficient (Wildman–Crippen LogP) is 4.55. The second kappa shape index (κ2) is 5.67. The second-order valence-electron chi connectivity index (χ2n) is 3.38. The van der Waals surface area contributed by atoms with E-state index in [1.807, 2.05) is 24.3 Å². The number of hydrogen-bond acceptors (Lipinski definition) is 2. The van der Waals surface area contributed by atoms with Crippen LogP contribution in [0.3, 0.4) is 0 Å². The van der Waals surface area contributed by atoms with Crippen molar-refractivity contribution in [1.29, 1.82) is 0 Å². The monoisotopic (exact) mass is 329 g/mol. The zero-order chi connectivity index (χ0) is 12.3. The van der Waals surface area contributed by atoms with Gasteiger partial charge in [-0.3, -0.25) is 4.79 Å². The second-order valence-corrected chi connectivity index (χ2v) is 5.27. The van der Waals surface area contributed by atoms with Gasteiger partial charge in [-0.25, -0.2) is 0 Å². The van der Waals surface area contributed by atoms with E-state index in [-0.39, 0.29) is 5.91 Å². The Morgan fingerprint density at radius 3 is 2.53 bits per heavy atom. The maximum atomic E-state index is 11.9. The lowest BCUT2D eigenvalue weighted by atomic mass is 10.2. The lowest BCUT2D eigenvalue weighted by Gasteiger charge is -2.04. The highest BCUT2D eigenvalue weighted by Crippen LogP contribution is 2.23. The number of alkyl halides is 1. The van der Waals surface area contributed by atoms with Crippen LogP contribution in [0, 0.1) is 0 Å². The topological polar surface area (TPSA) is 29.1 Å². The molecule has 0 fully saturated rings. The molecule has 1 aromatic heterocycles. The van der Waals surface area contributed by atoms with Crippen LogP contribution in [-0.2, 0) is 5.33 Å². The summed E-state index contributed by atoms with van der Waals surface area (Å²) in [6.07, 6.45) is 0. The summed E-state index contributed by atoms with van der Waals surface area (Å²) in [5.74, 6) is -0.170. The molecule has 0 radical (unpaired) electrons. The van der Waals surface area contributed by atoms with Crippen molar-refractivity contribution in [3.8, 4) is 0 Å². The standard InChI is InChI=1S/C12H9BrClNOS/c13-7-8-1-3-9(4-2-8)15-12(16)11-10(14)5-6-17-11/h1-6H,7H2,(H,15,16). The summed E-state index contributed by atoms with van der Waals surface area (Å²) in [6, 6.07) is 9.38. The summed E-state index contributed by atoms with van der Waals surface area (Å²) in [4.78, 5) is 12.4. The van der Waals surface area contributed by atoms with Gasteiger partial charge in [-0.15, -0.1) is 11.3 Å². The quantitative estimate of drug-likeness (QED) is 0.822. The molecule has 0 unspecified atom stereocenters. The summed E-state index contributed by atoms with van der Waals surface area (Å²) in [6.45, 7) is 0. The molecule has 1 aromatic carbocycles. The van der Waals surface area contributed by atoms with Crippen molar-refractivity contribution < 1.29 is 4.79 Å². The van der Waals surface area contributed by atoms with E-state index in [0.717, 1.165) is 16.6 Å². The smallest absolute Gasteiger partial charge is 0.267 e. The molecule has 0 spiro atoms. The maximum Gasteiger partial charge on any atom is 0.267 e. The molecule has 0 aliphatic heterocycles. The average molecular weight is 331 g/mol. The lowest BCUT2D eigenvalue weighted by molar-refractivity contribution is 0.103. The van der Waals surface area contributed by atoms with Crippen LogP contribution in [0.1, 0.15) is 15.2 Å². The molecule has 1 amide bonds. The number of halogens is 2. The molecule has 2 nitrogen and oxygen atoms in total. The van der Waals surface area contributed by atoms with Crippen molar-refractivity contribution in [3.63, 3.8) is 0 Å². The SMILES string of the molecule is O=C(Nc1ccc(CBr)cc1)c1sccc1Cl. The zero-order valence-electron chi connectivity index (χ0n) is 8.74. The molecule has 2 rings (SSSR count). The van der Waals surface area contributed by atoms with E-state index in [2.05, 4.69) is 21.2 Å². The van der Waals surface area contributed by atoms with E-state index in [0.29, 0.717) is 9.90 Å². The molecule has 0 aliphatic rings. The van der Waals surface area contributed by atoms with Crippen molar-refractivity contribution in [2.24, 2.45) is 0 Å². The summed E-state index contributed by atoms with van der Waals surface area (Å²) < 4.78 is 0. The molecule has 5 heteroatoms. The highest BCUT2D eigenvalue weighted by atomic mass is 79.9. The first kappa shape index (κ1) is 12.6. The highest BCUT2D eigenvalue weighted by molar-refractivity contribution is 9.08. The minimum atomic E-state index is -0.170.